The largest absolute Gasteiger partial charge is 0.468 e. The summed E-state index contributed by atoms with van der Waals surface area (Å²) in [4.78, 5) is 15.6. The van der Waals surface area contributed by atoms with Gasteiger partial charge in [0.1, 0.15) is 0 Å². The molecule has 0 atom stereocenters. The lowest BCUT2D eigenvalue weighted by atomic mass is 9.85. The Morgan fingerprint density at radius 3 is 2.24 bits per heavy atom. The fourth-order valence-corrected chi connectivity index (χ4v) is 2.68. The average Bonchev–Trinajstić information content (AvgIpc) is 2.28. The van der Waals surface area contributed by atoms with Gasteiger partial charge in [-0.1, -0.05) is 0 Å². The fourth-order valence-electron chi connectivity index (χ4n) is 2.68. The van der Waals surface area contributed by atoms with E-state index < -0.39 is 0 Å². The van der Waals surface area contributed by atoms with Gasteiger partial charge in [0.2, 0.25) is 0 Å². The lowest BCUT2D eigenvalue weighted by molar-refractivity contribution is -0.142. The molecule has 0 aromatic carbocycles. The molecule has 4 heteroatoms. The molecule has 0 heterocycles. The number of esters is 1. The van der Waals surface area contributed by atoms with Gasteiger partial charge in [0.25, 0.3) is 0 Å². The third-order valence-electron chi connectivity index (χ3n) is 3.67. The van der Waals surface area contributed by atoms with Crippen molar-refractivity contribution in [3.63, 3.8) is 0 Å². The van der Waals surface area contributed by atoms with Gasteiger partial charge in [-0.15, -0.1) is 0 Å². The van der Waals surface area contributed by atoms with Gasteiger partial charge in [0.15, 0.2) is 0 Å². The maximum Gasteiger partial charge on any atom is 0.319 e. The van der Waals surface area contributed by atoms with E-state index in [9.17, 15) is 4.79 Å². The minimum absolute atomic E-state index is 0.136. The highest BCUT2D eigenvalue weighted by molar-refractivity contribution is 5.71. The Labute approximate surface area is 105 Å². The molecule has 1 aliphatic rings. The van der Waals surface area contributed by atoms with Crippen molar-refractivity contribution in [3.8, 4) is 0 Å². The average molecular weight is 242 g/mol. The highest BCUT2D eigenvalue weighted by atomic mass is 16.5. The number of hydrogen-bond acceptors (Lipinski definition) is 4. The highest BCUT2D eigenvalue weighted by Gasteiger charge is 2.25. The zero-order valence-electron chi connectivity index (χ0n) is 11.6. The van der Waals surface area contributed by atoms with Crippen LogP contribution in [0.25, 0.3) is 0 Å². The minimum Gasteiger partial charge on any atom is -0.468 e. The van der Waals surface area contributed by atoms with Crippen molar-refractivity contribution in [2.24, 2.45) is 5.92 Å². The van der Waals surface area contributed by atoms with Gasteiger partial charge >= 0.3 is 5.97 Å². The van der Waals surface area contributed by atoms with Gasteiger partial charge in [-0.3, -0.25) is 9.69 Å². The molecule has 0 aromatic heterocycles. The van der Waals surface area contributed by atoms with Crippen LogP contribution in [0.2, 0.25) is 0 Å². The van der Waals surface area contributed by atoms with Crippen molar-refractivity contribution in [2.45, 2.75) is 31.7 Å². The molecule has 0 unspecified atom stereocenters. The molecule has 17 heavy (non-hydrogen) atoms. The highest BCUT2D eigenvalue weighted by Crippen LogP contribution is 2.27. The molecular formula is C13H26N2O2. The Morgan fingerprint density at radius 1 is 1.18 bits per heavy atom. The van der Waals surface area contributed by atoms with Crippen LogP contribution in [0.1, 0.15) is 25.7 Å². The molecule has 1 rings (SSSR count). The maximum absolute atomic E-state index is 11.2. The number of methoxy groups -OCH3 is 1. The van der Waals surface area contributed by atoms with E-state index in [4.69, 9.17) is 4.74 Å². The zero-order valence-corrected chi connectivity index (χ0v) is 11.6. The van der Waals surface area contributed by atoms with E-state index in [1.807, 2.05) is 7.05 Å². The third-order valence-corrected chi connectivity index (χ3v) is 3.67. The number of hydrogen-bond donors (Lipinski definition) is 0. The number of ether oxygens (including phenoxy) is 1. The summed E-state index contributed by atoms with van der Waals surface area (Å²) in [5.41, 5.74) is 0. The summed E-state index contributed by atoms with van der Waals surface area (Å²) in [6.45, 7) is 1.60. The maximum atomic E-state index is 11.2. The van der Waals surface area contributed by atoms with Gasteiger partial charge in [0, 0.05) is 12.6 Å². The summed E-state index contributed by atoms with van der Waals surface area (Å²) in [6, 6.07) is 0.549. The van der Waals surface area contributed by atoms with Crippen molar-refractivity contribution in [1.82, 2.24) is 9.80 Å². The molecule has 1 fully saturated rings. The number of rotatable bonds is 5. The van der Waals surface area contributed by atoms with Gasteiger partial charge in [-0.2, -0.15) is 0 Å². The Balaban J connectivity index is 2.28. The fraction of sp³-hybridized carbons (Fsp3) is 0.923. The molecule has 0 aliphatic heterocycles. The van der Waals surface area contributed by atoms with Crippen LogP contribution >= 0.6 is 0 Å². The van der Waals surface area contributed by atoms with E-state index >= 15 is 0 Å². The lowest BCUT2D eigenvalue weighted by Crippen LogP contribution is -2.39. The molecule has 1 saturated carbocycles. The predicted molar refractivity (Wildman–Crippen MR) is 68.9 cm³/mol. The first kappa shape index (κ1) is 14.5. The second-order valence-corrected chi connectivity index (χ2v) is 5.43. The summed E-state index contributed by atoms with van der Waals surface area (Å²) < 4.78 is 4.70. The lowest BCUT2D eigenvalue weighted by Gasteiger charge is -2.35. The van der Waals surface area contributed by atoms with Crippen LogP contribution in [0, 0.1) is 5.92 Å². The summed E-state index contributed by atoms with van der Waals surface area (Å²) in [5.74, 6) is 0.690. The van der Waals surface area contributed by atoms with Gasteiger partial charge in [-0.05, 0) is 52.7 Å². The Hall–Kier alpha value is -0.610. The van der Waals surface area contributed by atoms with Crippen LogP contribution in [-0.4, -0.2) is 63.2 Å². The molecule has 0 saturated heterocycles. The summed E-state index contributed by atoms with van der Waals surface area (Å²) in [6.07, 6.45) is 4.95. The van der Waals surface area contributed by atoms with E-state index in [-0.39, 0.29) is 5.97 Å². The van der Waals surface area contributed by atoms with Crippen LogP contribution < -0.4 is 0 Å². The van der Waals surface area contributed by atoms with E-state index in [1.165, 1.54) is 39.3 Å². The van der Waals surface area contributed by atoms with Crippen molar-refractivity contribution in [3.05, 3.63) is 0 Å². The molecular weight excluding hydrogens is 216 g/mol. The van der Waals surface area contributed by atoms with E-state index in [1.54, 1.807) is 0 Å². The Bertz CT molecular complexity index is 236. The monoisotopic (exact) mass is 242 g/mol. The third kappa shape index (κ3) is 5.04. The van der Waals surface area contributed by atoms with Gasteiger partial charge in [-0.25, -0.2) is 0 Å². The zero-order chi connectivity index (χ0) is 12.8. The van der Waals surface area contributed by atoms with Crippen LogP contribution in [0.15, 0.2) is 0 Å². The van der Waals surface area contributed by atoms with Gasteiger partial charge < -0.3 is 9.64 Å². The second kappa shape index (κ2) is 6.97. The molecule has 0 spiro atoms. The smallest absolute Gasteiger partial charge is 0.319 e. The Kier molecular flexibility index (Phi) is 5.92. The topological polar surface area (TPSA) is 32.8 Å². The molecule has 0 aromatic rings. The molecule has 0 radical (unpaired) electrons. The quantitative estimate of drug-likeness (QED) is 0.679. The SMILES string of the molecule is COC(=O)CN(C)C1CCC(CN(C)C)CC1. The van der Waals surface area contributed by atoms with E-state index in [2.05, 4.69) is 23.9 Å². The van der Waals surface area contributed by atoms with Crippen molar-refractivity contribution in [2.75, 3.05) is 41.3 Å². The van der Waals surface area contributed by atoms with Crippen molar-refractivity contribution >= 4 is 5.97 Å². The number of nitrogens with zero attached hydrogens (tertiary/aromatic N) is 2. The first-order valence-electron chi connectivity index (χ1n) is 6.44. The molecule has 0 amide bonds. The Morgan fingerprint density at radius 2 is 1.76 bits per heavy atom. The second-order valence-electron chi connectivity index (χ2n) is 5.43. The first-order valence-corrected chi connectivity index (χ1v) is 6.44. The molecule has 1 aliphatic carbocycles. The van der Waals surface area contributed by atoms with Crippen molar-refractivity contribution in [1.29, 1.82) is 0 Å². The number of likely N-dealkylation sites (N-methyl/N-ethyl adjacent to an activating group) is 1. The van der Waals surface area contributed by atoms with Crippen LogP contribution in [-0.2, 0) is 9.53 Å². The number of carbonyl (C=O) groups is 1. The first-order chi connectivity index (χ1) is 8.02. The van der Waals surface area contributed by atoms with Gasteiger partial charge in [0.05, 0.1) is 13.7 Å². The summed E-state index contributed by atoms with van der Waals surface area (Å²) >= 11 is 0. The van der Waals surface area contributed by atoms with Crippen LogP contribution in [0.5, 0.6) is 0 Å². The van der Waals surface area contributed by atoms with Crippen LogP contribution in [0.4, 0.5) is 0 Å². The molecule has 0 bridgehead atoms. The standard InChI is InChI=1S/C13H26N2O2/c1-14(2)9-11-5-7-12(8-6-11)15(3)10-13(16)17-4/h11-12H,5-10H2,1-4H3. The molecule has 4 nitrogen and oxygen atoms in total. The summed E-state index contributed by atoms with van der Waals surface area (Å²) in [5, 5.41) is 0. The minimum atomic E-state index is -0.136. The summed E-state index contributed by atoms with van der Waals surface area (Å²) in [7, 11) is 7.74. The van der Waals surface area contributed by atoms with Crippen LogP contribution in [0.3, 0.4) is 0 Å². The molecule has 0 N–H and O–H groups in total. The van der Waals surface area contributed by atoms with Crippen molar-refractivity contribution < 1.29 is 9.53 Å². The van der Waals surface area contributed by atoms with E-state index in [0.29, 0.717) is 12.6 Å². The predicted octanol–water partition coefficient (Wildman–Crippen LogP) is 1.21. The normalized spacial score (nSPS) is 25.3. The number of carbonyl (C=O) groups excluding carboxylic acids is 1. The van der Waals surface area contributed by atoms with E-state index in [0.717, 1.165) is 5.92 Å². The molecule has 100 valence electrons.